The highest BCUT2D eigenvalue weighted by molar-refractivity contribution is 5.56. The van der Waals surface area contributed by atoms with E-state index in [1.807, 2.05) is 0 Å². The number of nitrogens with zero attached hydrogens (tertiary/aromatic N) is 2. The Hall–Kier alpha value is -1.43. The summed E-state index contributed by atoms with van der Waals surface area (Å²) in [7, 11) is 0. The van der Waals surface area contributed by atoms with Gasteiger partial charge in [0, 0.05) is 12.3 Å². The van der Waals surface area contributed by atoms with Crippen molar-refractivity contribution in [3.05, 3.63) is 5.82 Å². The molecule has 4 N–H and O–H groups in total. The molecule has 5 unspecified atom stereocenters. The van der Waals surface area contributed by atoms with Crippen molar-refractivity contribution in [2.24, 2.45) is 58.2 Å². The molecule has 5 rings (SSSR count). The van der Waals surface area contributed by atoms with E-state index in [9.17, 15) is 9.90 Å². The highest BCUT2D eigenvalue weighted by Crippen LogP contribution is 2.70. The second-order valence-electron chi connectivity index (χ2n) is 13.0. The quantitative estimate of drug-likeness (QED) is 0.505. The van der Waals surface area contributed by atoms with E-state index in [1.54, 1.807) is 0 Å². The van der Waals surface area contributed by atoms with Crippen molar-refractivity contribution in [2.75, 3.05) is 5.73 Å². The molecule has 0 saturated heterocycles. The third kappa shape index (κ3) is 3.65. The standard InChI is InChI=1S/C28H46N4O2/c1-5-18-19(15-33)25-21-8-7-20(16(2)6-9-24-30-26(29)32-31-24)27(21,3)13-11-22(25)28(4)12-10-17(34)14-23(18)28/h15-23,25,34H,5-14H2,1-4H3,(H3,29,30,31,32)/t16-,17-,18+,19?,20?,21+,22+,23?,25+,27?,28?/m1/s1. The number of rotatable bonds is 6. The minimum absolute atomic E-state index is 0.161. The molecule has 4 aliphatic rings. The number of carbonyl (C=O) groups is 1. The molecule has 11 atom stereocenters. The van der Waals surface area contributed by atoms with Crippen molar-refractivity contribution >= 4 is 12.2 Å². The van der Waals surface area contributed by atoms with Gasteiger partial charge in [-0.25, -0.2) is 0 Å². The summed E-state index contributed by atoms with van der Waals surface area (Å²) in [6, 6.07) is 0. The number of nitrogens with two attached hydrogens (primary N) is 1. The van der Waals surface area contributed by atoms with Crippen molar-refractivity contribution in [1.29, 1.82) is 0 Å². The smallest absolute Gasteiger partial charge is 0.239 e. The third-order valence-electron chi connectivity index (χ3n) is 11.8. The zero-order chi connectivity index (χ0) is 24.3. The number of aldehydes is 1. The van der Waals surface area contributed by atoms with E-state index in [-0.39, 0.29) is 17.4 Å². The number of aliphatic hydroxyl groups excluding tert-OH is 1. The Morgan fingerprint density at radius 3 is 2.56 bits per heavy atom. The van der Waals surface area contributed by atoms with Gasteiger partial charge in [-0.15, -0.1) is 5.10 Å². The molecule has 190 valence electrons. The number of nitrogens with one attached hydrogen (secondary N) is 1. The number of nitrogen functional groups attached to an aromatic ring is 1. The average Bonchev–Trinajstić information content (AvgIpc) is 3.39. The van der Waals surface area contributed by atoms with Gasteiger partial charge < -0.3 is 15.6 Å². The summed E-state index contributed by atoms with van der Waals surface area (Å²) in [5.74, 6) is 5.42. The summed E-state index contributed by atoms with van der Waals surface area (Å²) >= 11 is 0. The van der Waals surface area contributed by atoms with Gasteiger partial charge in [-0.05, 0) is 104 Å². The number of aromatic nitrogens is 3. The van der Waals surface area contributed by atoms with E-state index in [0.717, 1.165) is 44.3 Å². The van der Waals surface area contributed by atoms with Crippen LogP contribution in [0.5, 0.6) is 0 Å². The normalized spacial score (nSPS) is 46.9. The zero-order valence-corrected chi connectivity index (χ0v) is 21.7. The van der Waals surface area contributed by atoms with Crippen LogP contribution in [0, 0.1) is 58.2 Å². The fourth-order valence-electron chi connectivity index (χ4n) is 10.2. The zero-order valence-electron chi connectivity index (χ0n) is 21.7. The Morgan fingerprint density at radius 2 is 1.88 bits per heavy atom. The van der Waals surface area contributed by atoms with Gasteiger partial charge in [0.2, 0.25) is 5.95 Å². The van der Waals surface area contributed by atoms with Crippen molar-refractivity contribution < 1.29 is 9.90 Å². The minimum Gasteiger partial charge on any atom is -0.393 e. The van der Waals surface area contributed by atoms with Crippen LogP contribution in [0.3, 0.4) is 0 Å². The maximum atomic E-state index is 12.7. The number of anilines is 1. The van der Waals surface area contributed by atoms with Crippen LogP contribution >= 0.6 is 0 Å². The first-order chi connectivity index (χ1) is 16.2. The van der Waals surface area contributed by atoms with Crippen LogP contribution in [0.4, 0.5) is 5.95 Å². The molecule has 0 aromatic carbocycles. The van der Waals surface area contributed by atoms with Crippen LogP contribution < -0.4 is 5.73 Å². The van der Waals surface area contributed by atoms with Crippen LogP contribution in [0.15, 0.2) is 0 Å². The second kappa shape index (κ2) is 8.90. The topological polar surface area (TPSA) is 105 Å². The van der Waals surface area contributed by atoms with E-state index in [1.165, 1.54) is 32.0 Å². The summed E-state index contributed by atoms with van der Waals surface area (Å²) < 4.78 is 0. The monoisotopic (exact) mass is 470 g/mol. The molecule has 0 spiro atoms. The molecule has 1 aromatic rings. The van der Waals surface area contributed by atoms with Gasteiger partial charge in [0.15, 0.2) is 0 Å². The minimum atomic E-state index is -0.179. The number of fused-ring (bicyclic) bond motifs is 5. The van der Waals surface area contributed by atoms with Gasteiger partial charge in [-0.1, -0.05) is 34.1 Å². The lowest BCUT2D eigenvalue weighted by Gasteiger charge is -2.65. The summed E-state index contributed by atoms with van der Waals surface area (Å²) in [6.45, 7) is 9.81. The number of carbonyl (C=O) groups excluding carboxylic acids is 1. The molecule has 0 radical (unpaired) electrons. The van der Waals surface area contributed by atoms with E-state index < -0.39 is 0 Å². The van der Waals surface area contributed by atoms with Crippen LogP contribution in [-0.2, 0) is 11.2 Å². The molecule has 1 heterocycles. The average molecular weight is 471 g/mol. The van der Waals surface area contributed by atoms with E-state index in [4.69, 9.17) is 5.73 Å². The molecule has 6 nitrogen and oxygen atoms in total. The first-order valence-corrected chi connectivity index (χ1v) is 14.0. The molecular weight excluding hydrogens is 424 g/mol. The summed E-state index contributed by atoms with van der Waals surface area (Å²) in [5.41, 5.74) is 6.29. The summed E-state index contributed by atoms with van der Waals surface area (Å²) in [5, 5.41) is 17.5. The number of H-pyrrole nitrogens is 1. The Balaban J connectivity index is 1.40. The Morgan fingerprint density at radius 1 is 1.15 bits per heavy atom. The van der Waals surface area contributed by atoms with Gasteiger partial charge in [0.1, 0.15) is 12.1 Å². The summed E-state index contributed by atoms with van der Waals surface area (Å²) in [6.07, 6.45) is 12.3. The molecule has 0 aliphatic heterocycles. The molecule has 0 amide bonds. The van der Waals surface area contributed by atoms with Crippen LogP contribution in [-0.4, -0.2) is 32.7 Å². The maximum absolute atomic E-state index is 12.7. The van der Waals surface area contributed by atoms with E-state index in [2.05, 4.69) is 42.9 Å². The lowest BCUT2D eigenvalue weighted by molar-refractivity contribution is -0.180. The van der Waals surface area contributed by atoms with Gasteiger partial charge in [0.05, 0.1) is 6.10 Å². The van der Waals surface area contributed by atoms with Crippen molar-refractivity contribution in [3.63, 3.8) is 0 Å². The molecule has 4 aliphatic carbocycles. The van der Waals surface area contributed by atoms with E-state index in [0.29, 0.717) is 52.8 Å². The molecule has 34 heavy (non-hydrogen) atoms. The molecule has 6 heteroatoms. The fraction of sp³-hybridized carbons (Fsp3) is 0.893. The highest BCUT2D eigenvalue weighted by atomic mass is 16.3. The Labute approximate surface area is 205 Å². The predicted octanol–water partition coefficient (Wildman–Crippen LogP) is 5.04. The SMILES string of the molecule is CC[C@H]1C(C=O)[C@@H]2[C@H](CCC3(C)C([C@H](C)CCc4nc(N)n[nH]4)CC[C@@H]23)C2(C)CC[C@@H](O)CC12. The lowest BCUT2D eigenvalue weighted by atomic mass is 9.40. The molecule has 1 aromatic heterocycles. The number of aromatic amines is 1. The van der Waals surface area contributed by atoms with Crippen molar-refractivity contribution in [1.82, 2.24) is 15.2 Å². The van der Waals surface area contributed by atoms with Gasteiger partial charge >= 0.3 is 0 Å². The number of hydrogen-bond acceptors (Lipinski definition) is 5. The first-order valence-electron chi connectivity index (χ1n) is 14.0. The van der Waals surface area contributed by atoms with Crippen LogP contribution in [0.2, 0.25) is 0 Å². The maximum Gasteiger partial charge on any atom is 0.239 e. The fourth-order valence-corrected chi connectivity index (χ4v) is 10.2. The Bertz CT molecular complexity index is 888. The van der Waals surface area contributed by atoms with Crippen molar-refractivity contribution in [2.45, 2.75) is 98.0 Å². The first kappa shape index (κ1) is 24.3. The molecule has 4 fully saturated rings. The molecule has 0 bridgehead atoms. The second-order valence-corrected chi connectivity index (χ2v) is 13.0. The van der Waals surface area contributed by atoms with Gasteiger partial charge in [-0.2, -0.15) is 4.98 Å². The van der Waals surface area contributed by atoms with Gasteiger partial charge in [0.25, 0.3) is 0 Å². The predicted molar refractivity (Wildman–Crippen MR) is 134 cm³/mol. The van der Waals surface area contributed by atoms with Crippen LogP contribution in [0.25, 0.3) is 0 Å². The Kier molecular flexibility index (Phi) is 6.35. The number of hydrogen-bond donors (Lipinski definition) is 3. The van der Waals surface area contributed by atoms with Crippen molar-refractivity contribution in [3.8, 4) is 0 Å². The largest absolute Gasteiger partial charge is 0.393 e. The lowest BCUT2D eigenvalue weighted by Crippen LogP contribution is -2.60. The highest BCUT2D eigenvalue weighted by Gasteiger charge is 2.64. The number of aliphatic hydroxyl groups is 1. The third-order valence-corrected chi connectivity index (χ3v) is 11.8. The summed E-state index contributed by atoms with van der Waals surface area (Å²) in [4.78, 5) is 17.0. The molecular formula is C28H46N4O2. The number of aryl methyl sites for hydroxylation is 1. The van der Waals surface area contributed by atoms with Gasteiger partial charge in [-0.3, -0.25) is 5.10 Å². The van der Waals surface area contributed by atoms with Crippen LogP contribution in [0.1, 0.15) is 91.3 Å². The molecule has 4 saturated carbocycles. The van der Waals surface area contributed by atoms with E-state index >= 15 is 0 Å².